The maximum Gasteiger partial charge on any atom is 0.122 e. The molecule has 0 aliphatic carbocycles. The lowest BCUT2D eigenvalue weighted by molar-refractivity contribution is 0.205. The Labute approximate surface area is 90.5 Å². The van der Waals surface area contributed by atoms with Gasteiger partial charge in [-0.1, -0.05) is 15.9 Å². The van der Waals surface area contributed by atoms with Crippen molar-refractivity contribution in [1.82, 2.24) is 9.88 Å². The van der Waals surface area contributed by atoms with Crippen LogP contribution in [0.15, 0.2) is 6.20 Å². The molecule has 0 radical (unpaired) electrons. The second kappa shape index (κ2) is 5.05. The molecule has 1 unspecified atom stereocenters. The summed E-state index contributed by atoms with van der Waals surface area (Å²) in [7, 11) is 4.03. The highest BCUT2D eigenvalue weighted by atomic mass is 79.9. The molecule has 1 N–H and O–H groups in total. The molecule has 0 bridgehead atoms. The zero-order chi connectivity index (χ0) is 9.84. The summed E-state index contributed by atoms with van der Waals surface area (Å²) in [6, 6.07) is 0. The number of aliphatic hydroxyl groups excluding tert-OH is 1. The van der Waals surface area contributed by atoms with Crippen molar-refractivity contribution in [3.8, 4) is 0 Å². The van der Waals surface area contributed by atoms with Crippen LogP contribution >= 0.6 is 27.3 Å². The van der Waals surface area contributed by atoms with E-state index < -0.39 is 6.10 Å². The first-order chi connectivity index (χ1) is 6.13. The van der Waals surface area contributed by atoms with Gasteiger partial charge < -0.3 is 10.0 Å². The van der Waals surface area contributed by atoms with Gasteiger partial charge in [-0.25, -0.2) is 4.98 Å². The van der Waals surface area contributed by atoms with Crippen molar-refractivity contribution in [3.05, 3.63) is 16.1 Å². The van der Waals surface area contributed by atoms with Gasteiger partial charge in [0.2, 0.25) is 0 Å². The van der Waals surface area contributed by atoms with Gasteiger partial charge in [0.1, 0.15) is 11.1 Å². The van der Waals surface area contributed by atoms with Crippen LogP contribution in [-0.4, -0.2) is 34.4 Å². The summed E-state index contributed by atoms with van der Waals surface area (Å²) in [5.41, 5.74) is 0. The molecule has 1 atom stereocenters. The van der Waals surface area contributed by atoms with Crippen LogP contribution in [0, 0.1) is 0 Å². The minimum absolute atomic E-state index is 0.471. The van der Waals surface area contributed by atoms with Gasteiger partial charge in [-0.15, -0.1) is 11.3 Å². The van der Waals surface area contributed by atoms with Crippen molar-refractivity contribution >= 4 is 27.3 Å². The molecule has 1 rings (SSSR count). The second-order valence-electron chi connectivity index (χ2n) is 3.07. The molecule has 0 fully saturated rings. The maximum absolute atomic E-state index is 9.46. The van der Waals surface area contributed by atoms with E-state index in [0.29, 0.717) is 5.33 Å². The Bertz CT molecular complexity index is 264. The molecule has 1 aromatic rings. The number of aliphatic hydroxyl groups is 1. The van der Waals surface area contributed by atoms with Gasteiger partial charge in [-0.3, -0.25) is 0 Å². The van der Waals surface area contributed by atoms with Gasteiger partial charge in [0.15, 0.2) is 0 Å². The molecular weight excluding hydrogens is 252 g/mol. The molecule has 0 saturated carbocycles. The monoisotopic (exact) mass is 264 g/mol. The smallest absolute Gasteiger partial charge is 0.122 e. The molecule has 74 valence electrons. The van der Waals surface area contributed by atoms with Gasteiger partial charge >= 0.3 is 0 Å². The Balaban J connectivity index is 2.63. The lowest BCUT2D eigenvalue weighted by atomic mass is 10.4. The summed E-state index contributed by atoms with van der Waals surface area (Å²) < 4.78 is 0. The molecule has 0 aliphatic heterocycles. The lowest BCUT2D eigenvalue weighted by Gasteiger charge is -2.05. The van der Waals surface area contributed by atoms with E-state index in [9.17, 15) is 5.11 Å². The summed E-state index contributed by atoms with van der Waals surface area (Å²) in [6.07, 6.45) is 1.35. The molecule has 0 saturated heterocycles. The first-order valence-electron chi connectivity index (χ1n) is 3.97. The molecule has 0 aromatic carbocycles. The van der Waals surface area contributed by atoms with E-state index in [4.69, 9.17) is 0 Å². The molecule has 0 aliphatic rings. The highest BCUT2D eigenvalue weighted by Crippen LogP contribution is 2.21. The average Bonchev–Trinajstić information content (AvgIpc) is 2.50. The average molecular weight is 265 g/mol. The zero-order valence-corrected chi connectivity index (χ0v) is 10.1. The number of aromatic nitrogens is 1. The number of alkyl halides is 1. The largest absolute Gasteiger partial charge is 0.385 e. The minimum Gasteiger partial charge on any atom is -0.385 e. The number of hydrogen-bond acceptors (Lipinski definition) is 4. The topological polar surface area (TPSA) is 36.4 Å². The quantitative estimate of drug-likeness (QED) is 0.841. The number of nitrogens with zero attached hydrogens (tertiary/aromatic N) is 2. The fourth-order valence-corrected chi connectivity index (χ4v) is 2.47. The van der Waals surface area contributed by atoms with Crippen LogP contribution < -0.4 is 0 Å². The third kappa shape index (κ3) is 3.34. The molecule has 1 aromatic heterocycles. The van der Waals surface area contributed by atoms with Crippen LogP contribution in [0.5, 0.6) is 0 Å². The zero-order valence-electron chi connectivity index (χ0n) is 7.70. The van der Waals surface area contributed by atoms with Crippen molar-refractivity contribution in [3.63, 3.8) is 0 Å². The normalized spacial score (nSPS) is 13.6. The van der Waals surface area contributed by atoms with Gasteiger partial charge in [0.25, 0.3) is 0 Å². The van der Waals surface area contributed by atoms with Crippen molar-refractivity contribution in [2.75, 3.05) is 19.4 Å². The Morgan fingerprint density at radius 2 is 2.38 bits per heavy atom. The summed E-state index contributed by atoms with van der Waals surface area (Å²) in [5, 5.41) is 10.8. The van der Waals surface area contributed by atoms with E-state index in [0.717, 1.165) is 11.6 Å². The van der Waals surface area contributed by atoms with Crippen LogP contribution in [0.2, 0.25) is 0 Å². The standard InChI is InChI=1S/C8H13BrN2OS/c1-11(2)5-6-4-10-8(13-6)7(12)3-9/h4,7,12H,3,5H2,1-2H3. The van der Waals surface area contributed by atoms with Crippen LogP contribution in [0.1, 0.15) is 16.0 Å². The molecule has 3 nitrogen and oxygen atoms in total. The van der Waals surface area contributed by atoms with Gasteiger partial charge in [-0.05, 0) is 14.1 Å². The Morgan fingerprint density at radius 1 is 1.69 bits per heavy atom. The summed E-state index contributed by atoms with van der Waals surface area (Å²) in [5.74, 6) is 0. The molecule has 0 amide bonds. The third-order valence-corrected chi connectivity index (χ3v) is 3.17. The van der Waals surface area contributed by atoms with Crippen LogP contribution in [0.3, 0.4) is 0 Å². The van der Waals surface area contributed by atoms with Crippen LogP contribution in [-0.2, 0) is 6.54 Å². The Hall–Kier alpha value is 0.0300. The van der Waals surface area contributed by atoms with E-state index in [1.807, 2.05) is 20.3 Å². The highest BCUT2D eigenvalue weighted by molar-refractivity contribution is 9.09. The van der Waals surface area contributed by atoms with Gasteiger partial charge in [0.05, 0.1) is 0 Å². The Kier molecular flexibility index (Phi) is 4.31. The van der Waals surface area contributed by atoms with Crippen molar-refractivity contribution in [1.29, 1.82) is 0 Å². The summed E-state index contributed by atoms with van der Waals surface area (Å²) in [4.78, 5) is 7.41. The van der Waals surface area contributed by atoms with Gasteiger partial charge in [0, 0.05) is 22.9 Å². The van der Waals surface area contributed by atoms with E-state index in [1.54, 1.807) is 11.3 Å². The minimum atomic E-state index is -0.471. The maximum atomic E-state index is 9.46. The first-order valence-corrected chi connectivity index (χ1v) is 5.90. The number of hydrogen-bond donors (Lipinski definition) is 1. The van der Waals surface area contributed by atoms with Crippen molar-refractivity contribution in [2.24, 2.45) is 0 Å². The Morgan fingerprint density at radius 3 is 2.92 bits per heavy atom. The highest BCUT2D eigenvalue weighted by Gasteiger charge is 2.10. The fraction of sp³-hybridized carbons (Fsp3) is 0.625. The fourth-order valence-electron chi connectivity index (χ4n) is 0.927. The van der Waals surface area contributed by atoms with E-state index in [1.165, 1.54) is 4.88 Å². The van der Waals surface area contributed by atoms with Crippen molar-refractivity contribution < 1.29 is 5.11 Å². The molecule has 13 heavy (non-hydrogen) atoms. The number of rotatable bonds is 4. The van der Waals surface area contributed by atoms with Crippen LogP contribution in [0.4, 0.5) is 0 Å². The van der Waals surface area contributed by atoms with E-state index in [2.05, 4.69) is 25.8 Å². The number of halogens is 1. The predicted molar refractivity (Wildman–Crippen MR) is 58.3 cm³/mol. The second-order valence-corrected chi connectivity index (χ2v) is 4.87. The summed E-state index contributed by atoms with van der Waals surface area (Å²) >= 11 is 4.78. The van der Waals surface area contributed by atoms with Gasteiger partial charge in [-0.2, -0.15) is 0 Å². The summed E-state index contributed by atoms with van der Waals surface area (Å²) in [6.45, 7) is 0.882. The number of thiazole rings is 1. The molecule has 1 heterocycles. The SMILES string of the molecule is CN(C)Cc1cnc(C(O)CBr)s1. The van der Waals surface area contributed by atoms with Crippen molar-refractivity contribution in [2.45, 2.75) is 12.6 Å². The molecule has 0 spiro atoms. The predicted octanol–water partition coefficient (Wildman–Crippen LogP) is 1.63. The van der Waals surface area contributed by atoms with Crippen LogP contribution in [0.25, 0.3) is 0 Å². The third-order valence-electron chi connectivity index (χ3n) is 1.47. The van der Waals surface area contributed by atoms with E-state index >= 15 is 0 Å². The van der Waals surface area contributed by atoms with E-state index in [-0.39, 0.29) is 0 Å². The molecule has 5 heteroatoms. The molecular formula is C8H13BrN2OS. The first kappa shape index (κ1) is 11.1. The lowest BCUT2D eigenvalue weighted by Crippen LogP contribution is -2.09.